The molecule has 0 aliphatic carbocycles. The molecule has 1 atom stereocenters. The molecule has 3 rings (SSSR count). The van der Waals surface area contributed by atoms with Gasteiger partial charge in [-0.05, 0) is 23.3 Å². The molecule has 1 fully saturated rings. The SMILES string of the molecule is COc1ccc(CNC(=O)[C@H](Cc2ccccc2)NC(=O)N2CCNCC2)cc1.Cl. The lowest BCUT2D eigenvalue weighted by Gasteiger charge is -2.29. The van der Waals surface area contributed by atoms with Crippen LogP contribution in [0.25, 0.3) is 0 Å². The van der Waals surface area contributed by atoms with Crippen molar-refractivity contribution in [2.75, 3.05) is 33.3 Å². The van der Waals surface area contributed by atoms with Gasteiger partial charge in [-0.2, -0.15) is 0 Å². The number of hydrogen-bond acceptors (Lipinski definition) is 4. The van der Waals surface area contributed by atoms with Crippen LogP contribution in [0.1, 0.15) is 11.1 Å². The van der Waals surface area contributed by atoms with Crippen LogP contribution in [0.4, 0.5) is 4.79 Å². The quantitative estimate of drug-likeness (QED) is 0.624. The molecule has 2 aromatic rings. The van der Waals surface area contributed by atoms with Crippen LogP contribution in [0.5, 0.6) is 5.75 Å². The van der Waals surface area contributed by atoms with Gasteiger partial charge in [0, 0.05) is 39.1 Å². The zero-order chi connectivity index (χ0) is 20.5. The summed E-state index contributed by atoms with van der Waals surface area (Å²) in [4.78, 5) is 27.3. The van der Waals surface area contributed by atoms with Crippen LogP contribution in [-0.4, -0.2) is 56.2 Å². The number of carbonyl (C=O) groups excluding carboxylic acids is 2. The first-order valence-electron chi connectivity index (χ1n) is 9.86. The lowest BCUT2D eigenvalue weighted by Crippen LogP contribution is -2.55. The summed E-state index contributed by atoms with van der Waals surface area (Å²) in [6.45, 7) is 3.19. The van der Waals surface area contributed by atoms with Crippen LogP contribution < -0.4 is 20.7 Å². The number of amides is 3. The largest absolute Gasteiger partial charge is 0.497 e. The predicted octanol–water partition coefficient (Wildman–Crippen LogP) is 1.96. The molecule has 0 aromatic heterocycles. The van der Waals surface area contributed by atoms with Crippen molar-refractivity contribution in [3.8, 4) is 5.75 Å². The second-order valence-electron chi connectivity index (χ2n) is 6.99. The molecule has 7 nitrogen and oxygen atoms in total. The Balaban J connectivity index is 0.00000320. The number of hydrogen-bond donors (Lipinski definition) is 3. The van der Waals surface area contributed by atoms with Gasteiger partial charge in [-0.25, -0.2) is 4.79 Å². The van der Waals surface area contributed by atoms with Crippen LogP contribution in [-0.2, 0) is 17.8 Å². The summed E-state index contributed by atoms with van der Waals surface area (Å²) >= 11 is 0. The molecule has 2 aromatic carbocycles. The number of carbonyl (C=O) groups is 2. The normalized spacial score (nSPS) is 14.2. The standard InChI is InChI=1S/C22H28N4O3.ClH/c1-29-19-9-7-18(8-10-19)16-24-21(27)20(15-17-5-3-2-4-6-17)25-22(28)26-13-11-23-12-14-26;/h2-10,20,23H,11-16H2,1H3,(H,24,27)(H,25,28);1H/t20-;/m0./s1. The number of methoxy groups -OCH3 is 1. The molecule has 8 heteroatoms. The Morgan fingerprint density at radius 2 is 1.70 bits per heavy atom. The van der Waals surface area contributed by atoms with Gasteiger partial charge in [0.15, 0.2) is 0 Å². The Kier molecular flexibility index (Phi) is 9.44. The van der Waals surface area contributed by atoms with Crippen molar-refractivity contribution in [3.63, 3.8) is 0 Å². The average molecular weight is 433 g/mol. The molecule has 3 N–H and O–H groups in total. The molecule has 0 bridgehead atoms. The van der Waals surface area contributed by atoms with Crippen molar-refractivity contribution < 1.29 is 14.3 Å². The molecule has 1 heterocycles. The van der Waals surface area contributed by atoms with Crippen molar-refractivity contribution in [3.05, 3.63) is 65.7 Å². The highest BCUT2D eigenvalue weighted by Crippen LogP contribution is 2.11. The summed E-state index contributed by atoms with van der Waals surface area (Å²) < 4.78 is 5.16. The summed E-state index contributed by atoms with van der Waals surface area (Å²) in [5, 5.41) is 9.08. The summed E-state index contributed by atoms with van der Waals surface area (Å²) in [5.41, 5.74) is 1.96. The van der Waals surface area contributed by atoms with Crippen molar-refractivity contribution in [2.24, 2.45) is 0 Å². The molecule has 1 aliphatic rings. The van der Waals surface area contributed by atoms with Crippen LogP contribution >= 0.6 is 12.4 Å². The van der Waals surface area contributed by atoms with Crippen LogP contribution in [0, 0.1) is 0 Å². The second-order valence-corrected chi connectivity index (χ2v) is 6.99. The van der Waals surface area contributed by atoms with Gasteiger partial charge in [0.25, 0.3) is 0 Å². The highest BCUT2D eigenvalue weighted by molar-refractivity contribution is 5.87. The fourth-order valence-electron chi connectivity index (χ4n) is 3.22. The zero-order valence-electron chi connectivity index (χ0n) is 17.1. The molecule has 30 heavy (non-hydrogen) atoms. The number of nitrogens with one attached hydrogen (secondary N) is 3. The monoisotopic (exact) mass is 432 g/mol. The Morgan fingerprint density at radius 3 is 2.33 bits per heavy atom. The van der Waals surface area contributed by atoms with E-state index in [4.69, 9.17) is 4.74 Å². The van der Waals surface area contributed by atoms with E-state index in [0.29, 0.717) is 26.1 Å². The van der Waals surface area contributed by atoms with Crippen molar-refractivity contribution >= 4 is 24.3 Å². The first-order valence-corrected chi connectivity index (χ1v) is 9.86. The van der Waals surface area contributed by atoms with E-state index in [2.05, 4.69) is 16.0 Å². The predicted molar refractivity (Wildman–Crippen MR) is 119 cm³/mol. The van der Waals surface area contributed by atoms with Gasteiger partial charge in [-0.1, -0.05) is 42.5 Å². The third-order valence-corrected chi connectivity index (χ3v) is 4.93. The van der Waals surface area contributed by atoms with E-state index >= 15 is 0 Å². The van der Waals surface area contributed by atoms with Crippen molar-refractivity contribution in [1.82, 2.24) is 20.9 Å². The minimum atomic E-state index is -0.641. The third-order valence-electron chi connectivity index (χ3n) is 4.93. The lowest BCUT2D eigenvalue weighted by molar-refractivity contribution is -0.123. The smallest absolute Gasteiger partial charge is 0.318 e. The highest BCUT2D eigenvalue weighted by atomic mass is 35.5. The average Bonchev–Trinajstić information content (AvgIpc) is 2.78. The first kappa shape index (κ1) is 23.5. The molecule has 1 aliphatic heterocycles. The van der Waals surface area contributed by atoms with Crippen LogP contribution in [0.3, 0.4) is 0 Å². The fourth-order valence-corrected chi connectivity index (χ4v) is 3.22. The maximum atomic E-state index is 12.9. The second kappa shape index (κ2) is 12.0. The van der Waals surface area contributed by atoms with Crippen molar-refractivity contribution in [1.29, 1.82) is 0 Å². The van der Waals surface area contributed by atoms with E-state index < -0.39 is 6.04 Å². The third kappa shape index (κ3) is 6.93. The number of benzene rings is 2. The van der Waals surface area contributed by atoms with E-state index in [0.717, 1.165) is 30.0 Å². The Bertz CT molecular complexity index is 796. The van der Waals surface area contributed by atoms with Gasteiger partial charge in [0.1, 0.15) is 11.8 Å². The van der Waals surface area contributed by atoms with E-state index in [1.165, 1.54) is 0 Å². The Labute approximate surface area is 183 Å². The molecule has 0 radical (unpaired) electrons. The summed E-state index contributed by atoms with van der Waals surface area (Å²) in [7, 11) is 1.62. The highest BCUT2D eigenvalue weighted by Gasteiger charge is 2.24. The number of ether oxygens (including phenoxy) is 1. The lowest BCUT2D eigenvalue weighted by atomic mass is 10.1. The minimum Gasteiger partial charge on any atom is -0.497 e. The molecular weight excluding hydrogens is 404 g/mol. The fraction of sp³-hybridized carbons (Fsp3) is 0.364. The van der Waals surface area contributed by atoms with Gasteiger partial charge in [-0.3, -0.25) is 4.79 Å². The number of rotatable bonds is 7. The maximum absolute atomic E-state index is 12.9. The molecular formula is C22H29ClN4O3. The molecule has 1 saturated heterocycles. The van der Waals surface area contributed by atoms with Gasteiger partial charge >= 0.3 is 6.03 Å². The number of nitrogens with zero attached hydrogens (tertiary/aromatic N) is 1. The molecule has 0 unspecified atom stereocenters. The Hall–Kier alpha value is -2.77. The minimum absolute atomic E-state index is 0. The molecule has 162 valence electrons. The maximum Gasteiger partial charge on any atom is 0.318 e. The van der Waals surface area contributed by atoms with Crippen LogP contribution in [0.2, 0.25) is 0 Å². The van der Waals surface area contributed by atoms with Crippen molar-refractivity contribution in [2.45, 2.75) is 19.0 Å². The topological polar surface area (TPSA) is 82.7 Å². The van der Waals surface area contributed by atoms with Gasteiger partial charge in [0.2, 0.25) is 5.91 Å². The van der Waals surface area contributed by atoms with Gasteiger partial charge < -0.3 is 25.6 Å². The van der Waals surface area contributed by atoms with Crippen LogP contribution in [0.15, 0.2) is 54.6 Å². The molecule has 0 saturated carbocycles. The summed E-state index contributed by atoms with van der Waals surface area (Å²) in [6, 6.07) is 16.4. The van der Waals surface area contributed by atoms with E-state index in [1.807, 2.05) is 54.6 Å². The van der Waals surface area contributed by atoms with E-state index in [-0.39, 0.29) is 24.3 Å². The number of halogens is 1. The number of urea groups is 1. The molecule has 3 amide bonds. The van der Waals surface area contributed by atoms with Gasteiger partial charge in [0.05, 0.1) is 7.11 Å². The summed E-state index contributed by atoms with van der Waals surface area (Å²) in [5.74, 6) is 0.568. The van der Waals surface area contributed by atoms with E-state index in [9.17, 15) is 9.59 Å². The van der Waals surface area contributed by atoms with Gasteiger partial charge in [-0.15, -0.1) is 12.4 Å². The van der Waals surface area contributed by atoms with E-state index in [1.54, 1.807) is 12.0 Å². The Morgan fingerprint density at radius 1 is 1.03 bits per heavy atom. The zero-order valence-corrected chi connectivity index (χ0v) is 17.9. The number of piperazine rings is 1. The summed E-state index contributed by atoms with van der Waals surface area (Å²) in [6.07, 6.45) is 0.438. The first-order chi connectivity index (χ1) is 14.2. The molecule has 0 spiro atoms.